The monoisotopic (exact) mass is 403 g/mol. The maximum Gasteiger partial charge on any atom is 0.407 e. The Bertz CT molecular complexity index is 810. The third kappa shape index (κ3) is 5.47. The Hall–Kier alpha value is -3.07. The van der Waals surface area contributed by atoms with Crippen LogP contribution in [-0.4, -0.2) is 56.0 Å². The van der Waals surface area contributed by atoms with Gasteiger partial charge in [0.2, 0.25) is 0 Å². The van der Waals surface area contributed by atoms with Crippen molar-refractivity contribution in [3.05, 3.63) is 47.9 Å². The zero-order chi connectivity index (χ0) is 20.6. The average molecular weight is 403 g/mol. The van der Waals surface area contributed by atoms with Gasteiger partial charge in [-0.2, -0.15) is 4.98 Å². The second-order valence-electron chi connectivity index (χ2n) is 6.56. The van der Waals surface area contributed by atoms with Crippen molar-refractivity contribution in [3.63, 3.8) is 0 Å². The number of ether oxygens (including phenoxy) is 3. The van der Waals surface area contributed by atoms with Crippen molar-refractivity contribution in [3.8, 4) is 0 Å². The molecule has 1 aromatic carbocycles. The van der Waals surface area contributed by atoms with Crippen LogP contribution in [0.15, 0.2) is 41.0 Å². The number of piperidine rings is 1. The minimum Gasteiger partial charge on any atom is -0.461 e. The first-order valence-corrected chi connectivity index (χ1v) is 9.48. The van der Waals surface area contributed by atoms with Gasteiger partial charge in [0.25, 0.3) is 6.01 Å². The number of benzene rings is 1. The standard InChI is InChI=1S/C20H25N3O6/c1-3-27-18(24)16-13-28-19(21-16)23-10-9-15(17(11-23)26-2)22-20(25)29-12-14-7-5-4-6-8-14/h4-8,13,15,17H,3,9-12H2,1-2H3,(H,22,25)/t15-,17+/m1/s1. The van der Waals surface area contributed by atoms with E-state index in [1.807, 2.05) is 35.2 Å². The Morgan fingerprint density at radius 3 is 2.79 bits per heavy atom. The van der Waals surface area contributed by atoms with E-state index in [4.69, 9.17) is 18.6 Å². The SMILES string of the molecule is CCOC(=O)c1coc(N2CC[C@@H](NC(=O)OCc3ccccc3)[C@@H](OC)C2)n1. The number of esters is 1. The van der Waals surface area contributed by atoms with Crippen molar-refractivity contribution in [2.45, 2.75) is 32.1 Å². The van der Waals surface area contributed by atoms with Crippen LogP contribution >= 0.6 is 0 Å². The maximum atomic E-state index is 12.2. The summed E-state index contributed by atoms with van der Waals surface area (Å²) in [5.41, 5.74) is 1.04. The van der Waals surface area contributed by atoms with E-state index in [1.165, 1.54) is 6.26 Å². The lowest BCUT2D eigenvalue weighted by atomic mass is 10.0. The lowest BCUT2D eigenvalue weighted by Gasteiger charge is -2.36. The van der Waals surface area contributed by atoms with Crippen LogP contribution in [-0.2, 0) is 20.8 Å². The molecule has 9 nitrogen and oxygen atoms in total. The molecule has 0 unspecified atom stereocenters. The summed E-state index contributed by atoms with van der Waals surface area (Å²) in [6, 6.07) is 9.59. The molecule has 9 heteroatoms. The van der Waals surface area contributed by atoms with Crippen LogP contribution in [0.1, 0.15) is 29.4 Å². The number of oxazole rings is 1. The summed E-state index contributed by atoms with van der Waals surface area (Å²) < 4.78 is 21.2. The van der Waals surface area contributed by atoms with E-state index in [2.05, 4.69) is 10.3 Å². The maximum absolute atomic E-state index is 12.2. The van der Waals surface area contributed by atoms with Crippen molar-refractivity contribution < 1.29 is 28.2 Å². The predicted molar refractivity (Wildman–Crippen MR) is 104 cm³/mol. The third-order valence-electron chi connectivity index (χ3n) is 4.63. The van der Waals surface area contributed by atoms with Crippen molar-refractivity contribution in [2.24, 2.45) is 0 Å². The fourth-order valence-corrected chi connectivity index (χ4v) is 3.12. The lowest BCUT2D eigenvalue weighted by Crippen LogP contribution is -2.55. The summed E-state index contributed by atoms with van der Waals surface area (Å²) in [4.78, 5) is 30.0. The van der Waals surface area contributed by atoms with Crippen LogP contribution in [0, 0.1) is 0 Å². The minimum absolute atomic E-state index is 0.126. The van der Waals surface area contributed by atoms with E-state index in [-0.39, 0.29) is 31.1 Å². The van der Waals surface area contributed by atoms with Gasteiger partial charge in [0.1, 0.15) is 12.9 Å². The number of hydrogen-bond acceptors (Lipinski definition) is 8. The molecule has 156 valence electrons. The van der Waals surface area contributed by atoms with E-state index in [0.29, 0.717) is 25.5 Å². The van der Waals surface area contributed by atoms with Crippen LogP contribution in [0.25, 0.3) is 0 Å². The molecule has 2 atom stereocenters. The molecule has 1 aliphatic rings. The number of carbonyl (C=O) groups is 2. The van der Waals surface area contributed by atoms with Crippen LogP contribution < -0.4 is 10.2 Å². The van der Waals surface area contributed by atoms with Crippen LogP contribution in [0.5, 0.6) is 0 Å². The number of rotatable bonds is 7. The Morgan fingerprint density at radius 1 is 1.28 bits per heavy atom. The number of nitrogens with one attached hydrogen (secondary N) is 1. The summed E-state index contributed by atoms with van der Waals surface area (Å²) in [6.45, 7) is 3.22. The number of nitrogens with zero attached hydrogens (tertiary/aromatic N) is 2. The predicted octanol–water partition coefficient (Wildman–Crippen LogP) is 2.37. The van der Waals surface area contributed by atoms with Gasteiger partial charge in [-0.05, 0) is 18.9 Å². The van der Waals surface area contributed by atoms with Gasteiger partial charge in [0, 0.05) is 13.7 Å². The van der Waals surface area contributed by atoms with Gasteiger partial charge in [-0.15, -0.1) is 0 Å². The first-order chi connectivity index (χ1) is 14.1. The second kappa shape index (κ2) is 9.92. The smallest absolute Gasteiger partial charge is 0.407 e. The highest BCUT2D eigenvalue weighted by atomic mass is 16.5. The fourth-order valence-electron chi connectivity index (χ4n) is 3.12. The molecule has 0 aliphatic carbocycles. The topological polar surface area (TPSA) is 103 Å². The summed E-state index contributed by atoms with van der Waals surface area (Å²) in [5, 5.41) is 2.86. The van der Waals surface area contributed by atoms with Gasteiger partial charge in [-0.25, -0.2) is 9.59 Å². The number of aromatic nitrogens is 1. The highest BCUT2D eigenvalue weighted by Crippen LogP contribution is 2.21. The Labute approximate surface area is 168 Å². The van der Waals surface area contributed by atoms with E-state index in [0.717, 1.165) is 5.56 Å². The largest absolute Gasteiger partial charge is 0.461 e. The quantitative estimate of drug-likeness (QED) is 0.703. The van der Waals surface area contributed by atoms with E-state index < -0.39 is 12.1 Å². The molecule has 29 heavy (non-hydrogen) atoms. The molecule has 0 spiro atoms. The van der Waals surface area contributed by atoms with Gasteiger partial charge in [-0.1, -0.05) is 30.3 Å². The second-order valence-corrected chi connectivity index (χ2v) is 6.56. The number of carbonyl (C=O) groups excluding carboxylic acids is 2. The zero-order valence-electron chi connectivity index (χ0n) is 16.5. The van der Waals surface area contributed by atoms with Crippen LogP contribution in [0.2, 0.25) is 0 Å². The van der Waals surface area contributed by atoms with E-state index >= 15 is 0 Å². The van der Waals surface area contributed by atoms with Gasteiger partial charge in [0.05, 0.1) is 25.3 Å². The molecule has 1 saturated heterocycles. The summed E-state index contributed by atoms with van der Waals surface area (Å²) in [6.07, 6.45) is 1.11. The zero-order valence-corrected chi connectivity index (χ0v) is 16.5. The first kappa shape index (κ1) is 20.7. The molecular weight excluding hydrogens is 378 g/mol. The normalized spacial score (nSPS) is 18.9. The Morgan fingerprint density at radius 2 is 2.07 bits per heavy atom. The van der Waals surface area contributed by atoms with Crippen molar-refractivity contribution >= 4 is 18.1 Å². The van der Waals surface area contributed by atoms with Gasteiger partial charge in [0.15, 0.2) is 5.69 Å². The molecular formula is C20H25N3O6. The summed E-state index contributed by atoms with van der Waals surface area (Å²) in [7, 11) is 1.58. The van der Waals surface area contributed by atoms with Gasteiger partial charge < -0.3 is 28.8 Å². The molecule has 1 aliphatic heterocycles. The molecule has 3 rings (SSSR count). The Kier molecular flexibility index (Phi) is 7.07. The molecule has 1 fully saturated rings. The fraction of sp³-hybridized carbons (Fsp3) is 0.450. The van der Waals surface area contributed by atoms with E-state index in [1.54, 1.807) is 14.0 Å². The summed E-state index contributed by atoms with van der Waals surface area (Å²) >= 11 is 0. The lowest BCUT2D eigenvalue weighted by molar-refractivity contribution is 0.0518. The number of hydrogen-bond donors (Lipinski definition) is 1. The van der Waals surface area contributed by atoms with Gasteiger partial charge >= 0.3 is 12.1 Å². The third-order valence-corrected chi connectivity index (χ3v) is 4.63. The Balaban J connectivity index is 1.52. The molecule has 2 heterocycles. The number of anilines is 1. The highest BCUT2D eigenvalue weighted by Gasteiger charge is 2.33. The number of amides is 1. The highest BCUT2D eigenvalue weighted by molar-refractivity contribution is 5.87. The minimum atomic E-state index is -0.525. The molecule has 0 bridgehead atoms. The molecule has 0 radical (unpaired) electrons. The van der Waals surface area contributed by atoms with Crippen LogP contribution in [0.4, 0.5) is 10.8 Å². The molecule has 0 saturated carbocycles. The van der Waals surface area contributed by atoms with Gasteiger partial charge in [-0.3, -0.25) is 0 Å². The molecule has 1 N–H and O–H groups in total. The first-order valence-electron chi connectivity index (χ1n) is 9.48. The van der Waals surface area contributed by atoms with E-state index in [9.17, 15) is 9.59 Å². The number of methoxy groups -OCH3 is 1. The molecule has 1 aromatic heterocycles. The summed E-state index contributed by atoms with van der Waals surface area (Å²) in [5.74, 6) is -0.525. The molecule has 2 aromatic rings. The van der Waals surface area contributed by atoms with Crippen LogP contribution in [0.3, 0.4) is 0 Å². The van der Waals surface area contributed by atoms with Crippen molar-refractivity contribution in [1.82, 2.24) is 10.3 Å². The number of alkyl carbamates (subject to hydrolysis) is 1. The van der Waals surface area contributed by atoms with Crippen molar-refractivity contribution in [1.29, 1.82) is 0 Å². The molecule has 1 amide bonds. The average Bonchev–Trinajstić information content (AvgIpc) is 3.24. The van der Waals surface area contributed by atoms with Crippen molar-refractivity contribution in [2.75, 3.05) is 31.7 Å².